The molecule has 0 saturated carbocycles. The number of aromatic nitrogens is 1. The van der Waals surface area contributed by atoms with Crippen LogP contribution in [-0.4, -0.2) is 10.5 Å². The minimum absolute atomic E-state index is 0.204. The molecule has 4 heteroatoms. The molecule has 1 heterocycles. The zero-order valence-corrected chi connectivity index (χ0v) is 11.1. The van der Waals surface area contributed by atoms with Gasteiger partial charge in [0.15, 0.2) is 0 Å². The first-order valence-electron chi connectivity index (χ1n) is 6.01. The lowest BCUT2D eigenvalue weighted by Gasteiger charge is -2.04. The number of nitriles is 1. The molecular weight excluding hydrogens is 272 g/mol. The van der Waals surface area contributed by atoms with E-state index >= 15 is 0 Å². The maximum absolute atomic E-state index is 12.5. The number of hydrogen-bond donors (Lipinski definition) is 0. The molecule has 1 aromatic heterocycles. The minimum atomic E-state index is -0.204. The molecule has 0 atom stereocenters. The van der Waals surface area contributed by atoms with E-state index in [0.29, 0.717) is 21.7 Å². The van der Waals surface area contributed by atoms with E-state index in [0.717, 1.165) is 5.39 Å². The van der Waals surface area contributed by atoms with E-state index in [2.05, 4.69) is 6.07 Å². The summed E-state index contributed by atoms with van der Waals surface area (Å²) in [6.07, 6.45) is 1.56. The molecule has 96 valence electrons. The van der Waals surface area contributed by atoms with Gasteiger partial charge in [0.25, 0.3) is 5.91 Å². The summed E-state index contributed by atoms with van der Waals surface area (Å²) in [6.45, 7) is 0. The fourth-order valence-corrected chi connectivity index (χ4v) is 2.39. The standard InChI is InChI=1S/C16H9ClN2O/c17-13-5-3-4-11(8-13)16(20)19-10-12(9-18)14-6-1-2-7-15(14)19/h1-8,10H. The van der Waals surface area contributed by atoms with E-state index in [4.69, 9.17) is 16.9 Å². The Morgan fingerprint density at radius 1 is 1.15 bits per heavy atom. The van der Waals surface area contributed by atoms with Crippen molar-refractivity contribution < 1.29 is 4.79 Å². The summed E-state index contributed by atoms with van der Waals surface area (Å²) < 4.78 is 1.49. The molecule has 3 nitrogen and oxygen atoms in total. The van der Waals surface area contributed by atoms with Gasteiger partial charge < -0.3 is 0 Å². The quantitative estimate of drug-likeness (QED) is 0.679. The summed E-state index contributed by atoms with van der Waals surface area (Å²) in [5, 5.41) is 10.4. The number of fused-ring (bicyclic) bond motifs is 1. The summed E-state index contributed by atoms with van der Waals surface area (Å²) >= 11 is 5.91. The first-order chi connectivity index (χ1) is 9.70. The lowest BCUT2D eigenvalue weighted by Crippen LogP contribution is -2.10. The van der Waals surface area contributed by atoms with Crippen LogP contribution in [0.4, 0.5) is 0 Å². The topological polar surface area (TPSA) is 45.8 Å². The van der Waals surface area contributed by atoms with E-state index in [1.54, 1.807) is 30.5 Å². The summed E-state index contributed by atoms with van der Waals surface area (Å²) in [5.74, 6) is -0.204. The van der Waals surface area contributed by atoms with Crippen LogP contribution in [0.2, 0.25) is 5.02 Å². The summed E-state index contributed by atoms with van der Waals surface area (Å²) in [7, 11) is 0. The largest absolute Gasteiger partial charge is 0.282 e. The van der Waals surface area contributed by atoms with Gasteiger partial charge in [0.05, 0.1) is 11.1 Å². The average molecular weight is 281 g/mol. The molecule has 0 bridgehead atoms. The third-order valence-corrected chi connectivity index (χ3v) is 3.36. The summed E-state index contributed by atoms with van der Waals surface area (Å²) in [4.78, 5) is 12.5. The predicted molar refractivity (Wildman–Crippen MR) is 77.8 cm³/mol. The maximum Gasteiger partial charge on any atom is 0.262 e. The van der Waals surface area contributed by atoms with Crippen LogP contribution in [0, 0.1) is 11.3 Å². The predicted octanol–water partition coefficient (Wildman–Crippen LogP) is 3.85. The second kappa shape index (κ2) is 4.84. The Kier molecular flexibility index (Phi) is 3.02. The van der Waals surface area contributed by atoms with E-state index < -0.39 is 0 Å². The van der Waals surface area contributed by atoms with E-state index in [1.807, 2.05) is 24.3 Å². The number of rotatable bonds is 1. The van der Waals surface area contributed by atoms with Crippen molar-refractivity contribution in [3.63, 3.8) is 0 Å². The number of benzene rings is 2. The third-order valence-electron chi connectivity index (χ3n) is 3.12. The Balaban J connectivity index is 2.20. The van der Waals surface area contributed by atoms with Gasteiger partial charge in [0.1, 0.15) is 6.07 Å². The Hall–Kier alpha value is -2.57. The molecule has 0 amide bonds. The number of carbonyl (C=O) groups is 1. The Morgan fingerprint density at radius 3 is 2.70 bits per heavy atom. The van der Waals surface area contributed by atoms with Crippen molar-refractivity contribution in [1.29, 1.82) is 5.26 Å². The average Bonchev–Trinajstić information content (AvgIpc) is 2.85. The molecule has 0 aliphatic carbocycles. The van der Waals surface area contributed by atoms with Crippen molar-refractivity contribution in [2.75, 3.05) is 0 Å². The molecule has 0 saturated heterocycles. The number of hydrogen-bond acceptors (Lipinski definition) is 2. The van der Waals surface area contributed by atoms with Crippen molar-refractivity contribution in [3.8, 4) is 6.07 Å². The lowest BCUT2D eigenvalue weighted by molar-refractivity contribution is 0.0965. The van der Waals surface area contributed by atoms with Crippen molar-refractivity contribution in [1.82, 2.24) is 4.57 Å². The van der Waals surface area contributed by atoms with Crippen LogP contribution in [0.15, 0.2) is 54.7 Å². The normalized spacial score (nSPS) is 10.4. The number of nitrogens with zero attached hydrogens (tertiary/aromatic N) is 2. The Morgan fingerprint density at radius 2 is 1.95 bits per heavy atom. The van der Waals surface area contributed by atoms with Crippen LogP contribution in [0.3, 0.4) is 0 Å². The highest BCUT2D eigenvalue weighted by Gasteiger charge is 2.14. The summed E-state index contributed by atoms with van der Waals surface area (Å²) in [5.41, 5.74) is 1.69. The van der Waals surface area contributed by atoms with Gasteiger partial charge >= 0.3 is 0 Å². The van der Waals surface area contributed by atoms with Crippen LogP contribution in [0.1, 0.15) is 15.9 Å². The Labute approximate surface area is 120 Å². The van der Waals surface area contributed by atoms with Gasteiger partial charge in [0.2, 0.25) is 0 Å². The molecule has 0 N–H and O–H groups in total. The van der Waals surface area contributed by atoms with Crippen molar-refractivity contribution >= 4 is 28.4 Å². The maximum atomic E-state index is 12.5. The molecule has 20 heavy (non-hydrogen) atoms. The minimum Gasteiger partial charge on any atom is -0.282 e. The molecule has 0 aliphatic heterocycles. The molecule has 3 rings (SSSR count). The van der Waals surface area contributed by atoms with Crippen molar-refractivity contribution in [3.05, 3.63) is 70.9 Å². The Bertz CT molecular complexity index is 858. The highest BCUT2D eigenvalue weighted by Crippen LogP contribution is 2.22. The van der Waals surface area contributed by atoms with E-state index in [9.17, 15) is 4.79 Å². The van der Waals surface area contributed by atoms with Crippen LogP contribution in [-0.2, 0) is 0 Å². The zero-order valence-electron chi connectivity index (χ0n) is 10.4. The van der Waals surface area contributed by atoms with Gasteiger partial charge in [-0.15, -0.1) is 0 Å². The second-order valence-electron chi connectivity index (χ2n) is 4.36. The van der Waals surface area contributed by atoms with Crippen LogP contribution in [0.25, 0.3) is 10.9 Å². The molecule has 3 aromatic rings. The van der Waals surface area contributed by atoms with Crippen LogP contribution >= 0.6 is 11.6 Å². The zero-order chi connectivity index (χ0) is 14.1. The third kappa shape index (κ3) is 1.97. The van der Waals surface area contributed by atoms with Gasteiger partial charge in [0, 0.05) is 22.2 Å². The highest BCUT2D eigenvalue weighted by atomic mass is 35.5. The fraction of sp³-hybridized carbons (Fsp3) is 0. The lowest BCUT2D eigenvalue weighted by atomic mass is 10.2. The molecule has 2 aromatic carbocycles. The first kappa shape index (κ1) is 12.5. The molecule has 0 aliphatic rings. The van der Waals surface area contributed by atoms with Gasteiger partial charge in [-0.05, 0) is 24.3 Å². The van der Waals surface area contributed by atoms with Crippen LogP contribution in [0.5, 0.6) is 0 Å². The van der Waals surface area contributed by atoms with Crippen LogP contribution < -0.4 is 0 Å². The van der Waals surface area contributed by atoms with Crippen molar-refractivity contribution in [2.24, 2.45) is 0 Å². The number of carbonyl (C=O) groups excluding carboxylic acids is 1. The fourth-order valence-electron chi connectivity index (χ4n) is 2.20. The van der Waals surface area contributed by atoms with Gasteiger partial charge in [-0.25, -0.2) is 0 Å². The summed E-state index contributed by atoms with van der Waals surface area (Å²) in [6, 6.07) is 16.2. The molecule has 0 fully saturated rings. The van der Waals surface area contributed by atoms with Gasteiger partial charge in [-0.3, -0.25) is 9.36 Å². The van der Waals surface area contributed by atoms with E-state index in [-0.39, 0.29) is 5.91 Å². The van der Waals surface area contributed by atoms with E-state index in [1.165, 1.54) is 4.57 Å². The molecule has 0 unspecified atom stereocenters. The van der Waals surface area contributed by atoms with Gasteiger partial charge in [-0.1, -0.05) is 35.9 Å². The number of para-hydroxylation sites is 1. The smallest absolute Gasteiger partial charge is 0.262 e. The highest BCUT2D eigenvalue weighted by molar-refractivity contribution is 6.31. The van der Waals surface area contributed by atoms with Gasteiger partial charge in [-0.2, -0.15) is 5.26 Å². The SMILES string of the molecule is N#Cc1cn(C(=O)c2cccc(Cl)c2)c2ccccc12. The second-order valence-corrected chi connectivity index (χ2v) is 4.79. The molecule has 0 spiro atoms. The molecule has 0 radical (unpaired) electrons. The first-order valence-corrected chi connectivity index (χ1v) is 6.39. The van der Waals surface area contributed by atoms with Crippen molar-refractivity contribution in [2.45, 2.75) is 0 Å². The monoisotopic (exact) mass is 280 g/mol. The molecular formula is C16H9ClN2O. The number of halogens is 1.